The predicted molar refractivity (Wildman–Crippen MR) is 69.2 cm³/mol. The highest BCUT2D eigenvalue weighted by Crippen LogP contribution is 2.00. The van der Waals surface area contributed by atoms with E-state index >= 15 is 0 Å². The van der Waals surface area contributed by atoms with Gasteiger partial charge in [-0.15, -0.1) is 0 Å². The van der Waals surface area contributed by atoms with Crippen molar-refractivity contribution in [2.45, 2.75) is 19.8 Å². The molecule has 0 bridgehead atoms. The van der Waals surface area contributed by atoms with E-state index in [2.05, 4.69) is 4.98 Å². The summed E-state index contributed by atoms with van der Waals surface area (Å²) in [6, 6.07) is 4.00. The molecule has 0 aliphatic carbocycles. The number of carbonyl (C=O) groups excluding carboxylic acids is 1. The standard InChI is InChI=1S/C14H19NO3/c1-2-18-14(16)6-4-12-17-11-3-5-13-7-9-15-10-8-13/h4,6-10H,2-3,5,11-12H2,1H3/b6-4+. The minimum Gasteiger partial charge on any atom is -0.463 e. The van der Waals surface area contributed by atoms with Gasteiger partial charge in [0, 0.05) is 25.1 Å². The number of nitrogens with zero attached hydrogens (tertiary/aromatic N) is 1. The molecule has 98 valence electrons. The third-order valence-electron chi connectivity index (χ3n) is 2.26. The largest absolute Gasteiger partial charge is 0.463 e. The monoisotopic (exact) mass is 249 g/mol. The van der Waals surface area contributed by atoms with Crippen molar-refractivity contribution in [3.05, 3.63) is 42.2 Å². The highest BCUT2D eigenvalue weighted by atomic mass is 16.5. The lowest BCUT2D eigenvalue weighted by Crippen LogP contribution is -2.01. The van der Waals surface area contributed by atoms with Crippen molar-refractivity contribution in [1.82, 2.24) is 4.98 Å². The van der Waals surface area contributed by atoms with Crippen LogP contribution < -0.4 is 0 Å². The molecule has 1 aromatic rings. The van der Waals surface area contributed by atoms with Crippen LogP contribution in [-0.2, 0) is 20.7 Å². The van der Waals surface area contributed by atoms with Crippen LogP contribution in [0.1, 0.15) is 18.9 Å². The molecular weight excluding hydrogens is 230 g/mol. The van der Waals surface area contributed by atoms with E-state index in [0.717, 1.165) is 12.8 Å². The second-order valence-corrected chi connectivity index (χ2v) is 3.69. The average Bonchev–Trinajstić information content (AvgIpc) is 2.39. The van der Waals surface area contributed by atoms with E-state index < -0.39 is 0 Å². The smallest absolute Gasteiger partial charge is 0.330 e. The SMILES string of the molecule is CCOC(=O)/C=C/COCCCc1ccncc1. The fraction of sp³-hybridized carbons (Fsp3) is 0.429. The summed E-state index contributed by atoms with van der Waals surface area (Å²) in [5, 5.41) is 0. The third kappa shape index (κ3) is 6.81. The summed E-state index contributed by atoms with van der Waals surface area (Å²) >= 11 is 0. The van der Waals surface area contributed by atoms with Crippen LogP contribution >= 0.6 is 0 Å². The summed E-state index contributed by atoms with van der Waals surface area (Å²) in [4.78, 5) is 14.9. The van der Waals surface area contributed by atoms with Gasteiger partial charge in [-0.3, -0.25) is 4.98 Å². The van der Waals surface area contributed by atoms with E-state index in [4.69, 9.17) is 9.47 Å². The topological polar surface area (TPSA) is 48.4 Å². The maximum atomic E-state index is 10.9. The lowest BCUT2D eigenvalue weighted by atomic mass is 10.1. The van der Waals surface area contributed by atoms with Crippen LogP contribution in [0.2, 0.25) is 0 Å². The highest BCUT2D eigenvalue weighted by molar-refractivity contribution is 5.81. The van der Waals surface area contributed by atoms with E-state index in [1.165, 1.54) is 11.6 Å². The molecule has 4 nitrogen and oxygen atoms in total. The molecule has 0 amide bonds. The number of hydrogen-bond donors (Lipinski definition) is 0. The van der Waals surface area contributed by atoms with Gasteiger partial charge >= 0.3 is 5.97 Å². The van der Waals surface area contributed by atoms with Crippen LogP contribution in [0.25, 0.3) is 0 Å². The quantitative estimate of drug-likeness (QED) is 0.402. The van der Waals surface area contributed by atoms with Gasteiger partial charge in [0.2, 0.25) is 0 Å². The number of ether oxygens (including phenoxy) is 2. The van der Waals surface area contributed by atoms with E-state index in [-0.39, 0.29) is 5.97 Å². The molecule has 1 rings (SSSR count). The van der Waals surface area contributed by atoms with E-state index in [1.807, 2.05) is 12.1 Å². The van der Waals surface area contributed by atoms with Crippen molar-refractivity contribution in [1.29, 1.82) is 0 Å². The zero-order valence-corrected chi connectivity index (χ0v) is 10.7. The van der Waals surface area contributed by atoms with Gasteiger partial charge in [-0.1, -0.05) is 6.08 Å². The molecule has 0 N–H and O–H groups in total. The molecular formula is C14H19NO3. The Kier molecular flexibility index (Phi) is 7.48. The molecule has 0 atom stereocenters. The van der Waals surface area contributed by atoms with Gasteiger partial charge in [0.25, 0.3) is 0 Å². The number of pyridine rings is 1. The van der Waals surface area contributed by atoms with Gasteiger partial charge in [0.05, 0.1) is 13.2 Å². The maximum absolute atomic E-state index is 10.9. The Labute approximate surface area is 108 Å². The number of carbonyl (C=O) groups is 1. The minimum absolute atomic E-state index is 0.321. The lowest BCUT2D eigenvalue weighted by molar-refractivity contribution is -0.137. The Hall–Kier alpha value is -1.68. The summed E-state index contributed by atoms with van der Waals surface area (Å²) in [6.45, 7) is 3.29. The van der Waals surface area contributed by atoms with Gasteiger partial charge in [-0.05, 0) is 37.5 Å². The molecule has 0 aliphatic rings. The van der Waals surface area contributed by atoms with Gasteiger partial charge in [-0.2, -0.15) is 0 Å². The van der Waals surface area contributed by atoms with Crippen molar-refractivity contribution in [3.63, 3.8) is 0 Å². The summed E-state index contributed by atoms with van der Waals surface area (Å²) < 4.78 is 10.1. The van der Waals surface area contributed by atoms with Crippen molar-refractivity contribution in [3.8, 4) is 0 Å². The first kappa shape index (κ1) is 14.4. The van der Waals surface area contributed by atoms with E-state index in [9.17, 15) is 4.79 Å². The summed E-state index contributed by atoms with van der Waals surface area (Å²) in [6.07, 6.45) is 8.58. The lowest BCUT2D eigenvalue weighted by Gasteiger charge is -2.01. The first-order valence-corrected chi connectivity index (χ1v) is 6.13. The van der Waals surface area contributed by atoms with Gasteiger partial charge < -0.3 is 9.47 Å². The van der Waals surface area contributed by atoms with Crippen molar-refractivity contribution in [2.75, 3.05) is 19.8 Å². The number of aromatic nitrogens is 1. The molecule has 0 aromatic carbocycles. The van der Waals surface area contributed by atoms with Crippen LogP contribution in [0.4, 0.5) is 0 Å². The Morgan fingerprint density at radius 1 is 1.39 bits per heavy atom. The molecule has 1 heterocycles. The predicted octanol–water partition coefficient (Wildman–Crippen LogP) is 2.15. The first-order valence-electron chi connectivity index (χ1n) is 6.13. The van der Waals surface area contributed by atoms with E-state index in [0.29, 0.717) is 19.8 Å². The van der Waals surface area contributed by atoms with Crippen LogP contribution in [0.5, 0.6) is 0 Å². The molecule has 0 fully saturated rings. The Morgan fingerprint density at radius 3 is 2.89 bits per heavy atom. The zero-order valence-electron chi connectivity index (χ0n) is 10.7. The van der Waals surface area contributed by atoms with Gasteiger partial charge in [0.1, 0.15) is 0 Å². The fourth-order valence-corrected chi connectivity index (χ4v) is 1.41. The van der Waals surface area contributed by atoms with Crippen molar-refractivity contribution >= 4 is 5.97 Å². The normalized spacial score (nSPS) is 10.7. The van der Waals surface area contributed by atoms with Crippen LogP contribution in [0, 0.1) is 0 Å². The molecule has 0 spiro atoms. The van der Waals surface area contributed by atoms with Gasteiger partial charge in [0.15, 0.2) is 0 Å². The van der Waals surface area contributed by atoms with Crippen LogP contribution in [-0.4, -0.2) is 30.8 Å². The first-order chi connectivity index (χ1) is 8.83. The van der Waals surface area contributed by atoms with Crippen LogP contribution in [0.15, 0.2) is 36.7 Å². The van der Waals surface area contributed by atoms with Crippen molar-refractivity contribution in [2.24, 2.45) is 0 Å². The molecule has 0 radical (unpaired) electrons. The second kappa shape index (κ2) is 9.36. The number of hydrogen-bond acceptors (Lipinski definition) is 4. The molecule has 0 saturated heterocycles. The highest BCUT2D eigenvalue weighted by Gasteiger charge is 1.93. The Bertz CT molecular complexity index is 363. The molecule has 0 aliphatic heterocycles. The summed E-state index contributed by atoms with van der Waals surface area (Å²) in [5.74, 6) is -0.321. The Balaban J connectivity index is 2.01. The van der Waals surface area contributed by atoms with E-state index in [1.54, 1.807) is 25.4 Å². The number of rotatable bonds is 8. The molecule has 1 aromatic heterocycles. The Morgan fingerprint density at radius 2 is 2.17 bits per heavy atom. The zero-order chi connectivity index (χ0) is 13.1. The average molecular weight is 249 g/mol. The maximum Gasteiger partial charge on any atom is 0.330 e. The minimum atomic E-state index is -0.321. The number of esters is 1. The second-order valence-electron chi connectivity index (χ2n) is 3.69. The third-order valence-corrected chi connectivity index (χ3v) is 2.26. The van der Waals surface area contributed by atoms with Crippen molar-refractivity contribution < 1.29 is 14.3 Å². The summed E-state index contributed by atoms with van der Waals surface area (Å²) in [5.41, 5.74) is 1.26. The molecule has 4 heteroatoms. The molecule has 0 saturated carbocycles. The van der Waals surface area contributed by atoms with Gasteiger partial charge in [-0.25, -0.2) is 4.79 Å². The molecule has 18 heavy (non-hydrogen) atoms. The molecule has 0 unspecified atom stereocenters. The fourth-order valence-electron chi connectivity index (χ4n) is 1.41. The summed E-state index contributed by atoms with van der Waals surface area (Å²) in [7, 11) is 0. The number of aryl methyl sites for hydroxylation is 1. The van der Waals surface area contributed by atoms with Crippen LogP contribution in [0.3, 0.4) is 0 Å².